The molecule has 18 heavy (non-hydrogen) atoms. The average molecular weight is 262 g/mol. The van der Waals surface area contributed by atoms with E-state index in [2.05, 4.69) is 24.1 Å². The summed E-state index contributed by atoms with van der Waals surface area (Å²) in [7, 11) is 0. The Morgan fingerprint density at radius 2 is 2.06 bits per heavy atom. The van der Waals surface area contributed by atoms with Gasteiger partial charge >= 0.3 is 0 Å². The van der Waals surface area contributed by atoms with Crippen LogP contribution in [0.1, 0.15) is 35.7 Å². The van der Waals surface area contributed by atoms with Gasteiger partial charge in [-0.1, -0.05) is 38.1 Å². The highest BCUT2D eigenvalue weighted by Crippen LogP contribution is 2.05. The summed E-state index contributed by atoms with van der Waals surface area (Å²) in [5.41, 5.74) is 1.57. The molecule has 0 spiro atoms. The fraction of sp³-hybridized carbons (Fsp3) is 0.286. The molecule has 0 heterocycles. The van der Waals surface area contributed by atoms with Crippen molar-refractivity contribution in [1.82, 2.24) is 10.6 Å². The molecule has 0 unspecified atom stereocenters. The Labute approximate surface area is 113 Å². The lowest BCUT2D eigenvalue weighted by molar-refractivity contribution is 0.0976. The first-order chi connectivity index (χ1) is 8.67. The van der Waals surface area contributed by atoms with Gasteiger partial charge in [-0.3, -0.25) is 10.1 Å². The topological polar surface area (TPSA) is 41.1 Å². The molecule has 0 atom stereocenters. The fourth-order valence-corrected chi connectivity index (χ4v) is 1.56. The number of thiocarbonyl (C=S) groups is 1. The highest BCUT2D eigenvalue weighted by Gasteiger charge is 2.06. The van der Waals surface area contributed by atoms with Gasteiger partial charge in [-0.2, -0.15) is 0 Å². The second kappa shape index (κ2) is 7.61. The third kappa shape index (κ3) is 4.67. The van der Waals surface area contributed by atoms with Crippen LogP contribution in [-0.4, -0.2) is 17.6 Å². The molecule has 0 saturated heterocycles. The van der Waals surface area contributed by atoms with E-state index in [0.717, 1.165) is 24.9 Å². The monoisotopic (exact) mass is 262 g/mol. The van der Waals surface area contributed by atoms with E-state index in [1.807, 2.05) is 12.1 Å². The Hall–Kier alpha value is -1.68. The van der Waals surface area contributed by atoms with Gasteiger partial charge in [0.1, 0.15) is 0 Å². The summed E-state index contributed by atoms with van der Waals surface area (Å²) >= 11 is 5.03. The van der Waals surface area contributed by atoms with Crippen LogP contribution in [0, 0.1) is 0 Å². The lowest BCUT2D eigenvalue weighted by Gasteiger charge is -2.09. The third-order valence-corrected chi connectivity index (χ3v) is 2.70. The van der Waals surface area contributed by atoms with Gasteiger partial charge in [-0.05, 0) is 36.3 Å². The second-order valence-corrected chi connectivity index (χ2v) is 4.30. The van der Waals surface area contributed by atoms with E-state index in [1.54, 1.807) is 18.2 Å². The minimum atomic E-state index is -0.195. The molecule has 1 rings (SSSR count). The highest BCUT2D eigenvalue weighted by molar-refractivity contribution is 7.80. The molecule has 96 valence electrons. The van der Waals surface area contributed by atoms with Crippen LogP contribution in [-0.2, 0) is 0 Å². The standard InChI is InChI=1S/C14H18N2OS/c1-3-5-10-15-14(18)16-13(17)12-8-6-11(4-2)7-9-12/h4,6-9H,2-3,5,10H2,1H3,(H2,15,16,17,18). The van der Waals surface area contributed by atoms with Crippen LogP contribution in [0.4, 0.5) is 0 Å². The zero-order valence-corrected chi connectivity index (χ0v) is 11.3. The Morgan fingerprint density at radius 1 is 1.39 bits per heavy atom. The van der Waals surface area contributed by atoms with Crippen molar-refractivity contribution in [3.63, 3.8) is 0 Å². The molecular weight excluding hydrogens is 244 g/mol. The molecule has 4 heteroatoms. The van der Waals surface area contributed by atoms with Gasteiger partial charge in [0.2, 0.25) is 0 Å². The van der Waals surface area contributed by atoms with Crippen LogP contribution in [0.3, 0.4) is 0 Å². The summed E-state index contributed by atoms with van der Waals surface area (Å²) in [6.07, 6.45) is 3.86. The van der Waals surface area contributed by atoms with Crippen molar-refractivity contribution in [3.05, 3.63) is 42.0 Å². The molecule has 0 radical (unpaired) electrons. The predicted octanol–water partition coefficient (Wildman–Crippen LogP) is 2.73. The van der Waals surface area contributed by atoms with Crippen LogP contribution in [0.5, 0.6) is 0 Å². The van der Waals surface area contributed by atoms with Crippen LogP contribution < -0.4 is 10.6 Å². The molecule has 3 nitrogen and oxygen atoms in total. The molecule has 0 aromatic heterocycles. The lowest BCUT2D eigenvalue weighted by atomic mass is 10.1. The minimum Gasteiger partial charge on any atom is -0.362 e. The average Bonchev–Trinajstić information content (AvgIpc) is 2.39. The van der Waals surface area contributed by atoms with E-state index in [1.165, 1.54) is 0 Å². The van der Waals surface area contributed by atoms with Crippen LogP contribution in [0.15, 0.2) is 30.8 Å². The van der Waals surface area contributed by atoms with Gasteiger partial charge in [0.05, 0.1) is 0 Å². The molecule has 1 aromatic rings. The van der Waals surface area contributed by atoms with Crippen molar-refractivity contribution >= 4 is 29.3 Å². The van der Waals surface area contributed by atoms with Crippen molar-refractivity contribution in [1.29, 1.82) is 0 Å². The van der Waals surface area contributed by atoms with E-state index < -0.39 is 0 Å². The number of hydrogen-bond donors (Lipinski definition) is 2. The Kier molecular flexibility index (Phi) is 6.08. The number of carbonyl (C=O) groups is 1. The Balaban J connectivity index is 2.48. The number of amides is 1. The Bertz CT molecular complexity index is 426. The largest absolute Gasteiger partial charge is 0.362 e. The number of carbonyl (C=O) groups excluding carboxylic acids is 1. The van der Waals surface area contributed by atoms with Gasteiger partial charge in [0.25, 0.3) is 5.91 Å². The lowest BCUT2D eigenvalue weighted by Crippen LogP contribution is -2.39. The maximum atomic E-state index is 11.8. The Morgan fingerprint density at radius 3 is 2.61 bits per heavy atom. The number of nitrogens with one attached hydrogen (secondary N) is 2. The normalized spacial score (nSPS) is 9.61. The molecule has 0 aliphatic rings. The molecule has 1 amide bonds. The van der Waals surface area contributed by atoms with Crippen LogP contribution >= 0.6 is 12.2 Å². The summed E-state index contributed by atoms with van der Waals surface area (Å²) < 4.78 is 0. The van der Waals surface area contributed by atoms with E-state index in [9.17, 15) is 4.79 Å². The molecule has 1 aromatic carbocycles. The minimum absolute atomic E-state index is 0.195. The maximum absolute atomic E-state index is 11.8. The summed E-state index contributed by atoms with van der Waals surface area (Å²) in [6.45, 7) is 6.55. The summed E-state index contributed by atoms with van der Waals surface area (Å²) in [5.74, 6) is -0.195. The molecular formula is C14H18N2OS. The van der Waals surface area contributed by atoms with Gasteiger partial charge in [-0.15, -0.1) is 0 Å². The van der Waals surface area contributed by atoms with E-state index >= 15 is 0 Å². The molecule has 2 N–H and O–H groups in total. The number of rotatable bonds is 5. The number of unbranched alkanes of at least 4 members (excludes halogenated alkanes) is 1. The van der Waals surface area contributed by atoms with Crippen molar-refractivity contribution in [2.45, 2.75) is 19.8 Å². The maximum Gasteiger partial charge on any atom is 0.257 e. The van der Waals surface area contributed by atoms with E-state index in [0.29, 0.717) is 10.7 Å². The molecule has 0 fully saturated rings. The van der Waals surface area contributed by atoms with Gasteiger partial charge < -0.3 is 5.32 Å². The molecule has 0 aliphatic carbocycles. The molecule has 0 saturated carbocycles. The summed E-state index contributed by atoms with van der Waals surface area (Å²) in [4.78, 5) is 11.8. The number of benzene rings is 1. The van der Waals surface area contributed by atoms with Gasteiger partial charge in [0.15, 0.2) is 5.11 Å². The fourth-order valence-electron chi connectivity index (χ4n) is 1.37. The van der Waals surface area contributed by atoms with E-state index in [4.69, 9.17) is 12.2 Å². The second-order valence-electron chi connectivity index (χ2n) is 3.89. The summed E-state index contributed by atoms with van der Waals surface area (Å²) in [5, 5.41) is 6.01. The first-order valence-electron chi connectivity index (χ1n) is 5.99. The number of hydrogen-bond acceptors (Lipinski definition) is 2. The van der Waals surface area contributed by atoms with Gasteiger partial charge in [-0.25, -0.2) is 0 Å². The van der Waals surface area contributed by atoms with Crippen molar-refractivity contribution < 1.29 is 4.79 Å². The van der Waals surface area contributed by atoms with E-state index in [-0.39, 0.29) is 5.91 Å². The van der Waals surface area contributed by atoms with Crippen LogP contribution in [0.2, 0.25) is 0 Å². The van der Waals surface area contributed by atoms with Crippen molar-refractivity contribution in [2.75, 3.05) is 6.54 Å². The molecule has 0 aliphatic heterocycles. The SMILES string of the molecule is C=Cc1ccc(C(=O)NC(=S)NCCCC)cc1. The summed E-state index contributed by atoms with van der Waals surface area (Å²) in [6, 6.07) is 7.19. The first-order valence-corrected chi connectivity index (χ1v) is 6.40. The zero-order valence-electron chi connectivity index (χ0n) is 10.5. The quantitative estimate of drug-likeness (QED) is 0.633. The third-order valence-electron chi connectivity index (χ3n) is 2.45. The van der Waals surface area contributed by atoms with Crippen LogP contribution in [0.25, 0.3) is 6.08 Å². The smallest absolute Gasteiger partial charge is 0.257 e. The van der Waals surface area contributed by atoms with Crippen molar-refractivity contribution in [3.8, 4) is 0 Å². The highest BCUT2D eigenvalue weighted by atomic mass is 32.1. The zero-order chi connectivity index (χ0) is 13.4. The first kappa shape index (κ1) is 14.4. The predicted molar refractivity (Wildman–Crippen MR) is 79.5 cm³/mol. The molecule has 0 bridgehead atoms. The van der Waals surface area contributed by atoms with Gasteiger partial charge in [0, 0.05) is 12.1 Å². The van der Waals surface area contributed by atoms with Crippen molar-refractivity contribution in [2.24, 2.45) is 0 Å².